The fourth-order valence-corrected chi connectivity index (χ4v) is 3.85. The molecule has 2 aromatic rings. The quantitative estimate of drug-likeness (QED) is 0.885. The van der Waals surface area contributed by atoms with Crippen LogP contribution in [-0.4, -0.2) is 23.7 Å². The number of amides is 1. The normalized spacial score (nSPS) is 22.1. The molecule has 1 fully saturated rings. The van der Waals surface area contributed by atoms with Gasteiger partial charge in [0, 0.05) is 12.0 Å². The van der Waals surface area contributed by atoms with E-state index in [0.29, 0.717) is 30.6 Å². The third-order valence-electron chi connectivity index (χ3n) is 5.49. The SMILES string of the molecule is Cc1c(F)cccc1C(=O)N[C@H](c1ccc2c(c1)CCO2)C1CC(O)C1. The summed E-state index contributed by atoms with van der Waals surface area (Å²) in [5.74, 6) is 0.393. The molecule has 26 heavy (non-hydrogen) atoms. The molecule has 1 amide bonds. The summed E-state index contributed by atoms with van der Waals surface area (Å²) in [6.07, 6.45) is 1.86. The molecule has 4 rings (SSSR count). The Kier molecular flexibility index (Phi) is 4.41. The van der Waals surface area contributed by atoms with Crippen LogP contribution in [0, 0.1) is 18.7 Å². The summed E-state index contributed by atoms with van der Waals surface area (Å²) in [7, 11) is 0. The van der Waals surface area contributed by atoms with Crippen molar-refractivity contribution >= 4 is 5.91 Å². The lowest BCUT2D eigenvalue weighted by molar-refractivity contribution is 0.0235. The molecular weight excluding hydrogens is 333 g/mol. The summed E-state index contributed by atoms with van der Waals surface area (Å²) < 4.78 is 19.4. The smallest absolute Gasteiger partial charge is 0.252 e. The fourth-order valence-electron chi connectivity index (χ4n) is 3.85. The van der Waals surface area contributed by atoms with Crippen molar-refractivity contribution in [3.05, 3.63) is 64.5 Å². The molecule has 0 bridgehead atoms. The molecule has 0 saturated heterocycles. The lowest BCUT2D eigenvalue weighted by atomic mass is 9.74. The highest BCUT2D eigenvalue weighted by molar-refractivity contribution is 5.95. The zero-order valence-electron chi connectivity index (χ0n) is 14.7. The minimum atomic E-state index is -0.386. The van der Waals surface area contributed by atoms with Crippen molar-refractivity contribution in [2.24, 2.45) is 5.92 Å². The van der Waals surface area contributed by atoms with Crippen molar-refractivity contribution in [1.82, 2.24) is 5.32 Å². The van der Waals surface area contributed by atoms with Crippen LogP contribution in [0.3, 0.4) is 0 Å². The lowest BCUT2D eigenvalue weighted by Crippen LogP contribution is -2.41. The van der Waals surface area contributed by atoms with Crippen molar-refractivity contribution in [3.63, 3.8) is 0 Å². The molecule has 1 atom stereocenters. The molecule has 4 nitrogen and oxygen atoms in total. The van der Waals surface area contributed by atoms with Gasteiger partial charge in [0.2, 0.25) is 0 Å². The van der Waals surface area contributed by atoms with Crippen LogP contribution in [0.25, 0.3) is 0 Å². The van der Waals surface area contributed by atoms with Crippen LogP contribution in [0.4, 0.5) is 4.39 Å². The first-order chi connectivity index (χ1) is 12.5. The number of hydrogen-bond acceptors (Lipinski definition) is 3. The summed E-state index contributed by atoms with van der Waals surface area (Å²) in [6, 6.07) is 10.3. The fraction of sp³-hybridized carbons (Fsp3) is 0.381. The number of nitrogens with one attached hydrogen (secondary N) is 1. The molecule has 1 aliphatic carbocycles. The summed E-state index contributed by atoms with van der Waals surface area (Å²) in [6.45, 7) is 2.29. The van der Waals surface area contributed by atoms with Crippen LogP contribution >= 0.6 is 0 Å². The van der Waals surface area contributed by atoms with Gasteiger partial charge < -0.3 is 15.2 Å². The monoisotopic (exact) mass is 355 g/mol. The van der Waals surface area contributed by atoms with E-state index in [4.69, 9.17) is 4.74 Å². The molecule has 1 aliphatic heterocycles. The van der Waals surface area contributed by atoms with E-state index in [9.17, 15) is 14.3 Å². The number of hydrogen-bond donors (Lipinski definition) is 2. The minimum Gasteiger partial charge on any atom is -0.493 e. The number of aliphatic hydroxyl groups is 1. The van der Waals surface area contributed by atoms with Gasteiger partial charge >= 0.3 is 0 Å². The first-order valence-corrected chi connectivity index (χ1v) is 9.02. The van der Waals surface area contributed by atoms with E-state index >= 15 is 0 Å². The Hall–Kier alpha value is -2.40. The molecule has 2 aliphatic rings. The maximum Gasteiger partial charge on any atom is 0.252 e. The van der Waals surface area contributed by atoms with Gasteiger partial charge in [-0.05, 0) is 66.6 Å². The Bertz CT molecular complexity index is 845. The average Bonchev–Trinajstić information content (AvgIpc) is 3.07. The van der Waals surface area contributed by atoms with Gasteiger partial charge in [0.15, 0.2) is 0 Å². The third-order valence-corrected chi connectivity index (χ3v) is 5.49. The van der Waals surface area contributed by atoms with Crippen molar-refractivity contribution in [2.45, 2.75) is 38.3 Å². The summed E-state index contributed by atoms with van der Waals surface area (Å²) in [5, 5.41) is 12.8. The van der Waals surface area contributed by atoms with E-state index in [1.54, 1.807) is 19.1 Å². The predicted octanol–water partition coefficient (Wildman–Crippen LogP) is 3.31. The number of halogens is 1. The molecule has 1 heterocycles. The number of aliphatic hydroxyl groups excluding tert-OH is 1. The Balaban J connectivity index is 1.62. The average molecular weight is 355 g/mol. The molecule has 1 saturated carbocycles. The van der Waals surface area contributed by atoms with Crippen LogP contribution in [0.1, 0.15) is 45.9 Å². The number of carbonyl (C=O) groups is 1. The Labute approximate surface area is 152 Å². The summed E-state index contributed by atoms with van der Waals surface area (Å²) >= 11 is 0. The van der Waals surface area contributed by atoms with Gasteiger partial charge in [-0.15, -0.1) is 0 Å². The first-order valence-electron chi connectivity index (χ1n) is 9.02. The van der Waals surface area contributed by atoms with Crippen LogP contribution < -0.4 is 10.1 Å². The molecule has 5 heteroatoms. The molecule has 0 spiro atoms. The molecule has 0 radical (unpaired) electrons. The molecule has 0 aromatic heterocycles. The highest BCUT2D eigenvalue weighted by Gasteiger charge is 2.36. The zero-order valence-corrected chi connectivity index (χ0v) is 14.7. The third kappa shape index (κ3) is 3.07. The number of ether oxygens (including phenoxy) is 1. The second-order valence-electron chi connectivity index (χ2n) is 7.21. The zero-order chi connectivity index (χ0) is 18.3. The maximum absolute atomic E-state index is 13.8. The van der Waals surface area contributed by atoms with Crippen molar-refractivity contribution in [1.29, 1.82) is 0 Å². The Morgan fingerprint density at radius 3 is 2.88 bits per heavy atom. The molecule has 2 N–H and O–H groups in total. The minimum absolute atomic E-state index is 0.170. The van der Waals surface area contributed by atoms with E-state index < -0.39 is 0 Å². The topological polar surface area (TPSA) is 58.6 Å². The van der Waals surface area contributed by atoms with Gasteiger partial charge in [0.1, 0.15) is 11.6 Å². The number of rotatable bonds is 4. The molecule has 136 valence electrons. The van der Waals surface area contributed by atoms with Gasteiger partial charge in [-0.2, -0.15) is 0 Å². The van der Waals surface area contributed by atoms with Gasteiger partial charge in [-0.3, -0.25) is 4.79 Å². The highest BCUT2D eigenvalue weighted by atomic mass is 19.1. The van der Waals surface area contributed by atoms with Gasteiger partial charge in [0.05, 0.1) is 18.8 Å². The summed E-state index contributed by atoms with van der Waals surface area (Å²) in [4.78, 5) is 12.8. The van der Waals surface area contributed by atoms with Crippen LogP contribution in [0.2, 0.25) is 0 Å². The largest absolute Gasteiger partial charge is 0.493 e. The van der Waals surface area contributed by atoms with Crippen molar-refractivity contribution < 1.29 is 19.0 Å². The predicted molar refractivity (Wildman–Crippen MR) is 95.7 cm³/mol. The van der Waals surface area contributed by atoms with Gasteiger partial charge in [-0.25, -0.2) is 4.39 Å². The van der Waals surface area contributed by atoms with E-state index in [-0.39, 0.29) is 29.8 Å². The van der Waals surface area contributed by atoms with E-state index in [1.165, 1.54) is 6.07 Å². The van der Waals surface area contributed by atoms with Crippen molar-refractivity contribution in [3.8, 4) is 5.75 Å². The second kappa shape index (κ2) is 6.72. The number of fused-ring (bicyclic) bond motifs is 1. The van der Waals surface area contributed by atoms with Gasteiger partial charge in [0.25, 0.3) is 5.91 Å². The van der Waals surface area contributed by atoms with E-state index in [0.717, 1.165) is 23.3 Å². The molecular formula is C21H22FNO3. The van der Waals surface area contributed by atoms with Crippen LogP contribution in [-0.2, 0) is 6.42 Å². The van der Waals surface area contributed by atoms with E-state index in [2.05, 4.69) is 11.4 Å². The van der Waals surface area contributed by atoms with Crippen molar-refractivity contribution in [2.75, 3.05) is 6.61 Å². The Morgan fingerprint density at radius 1 is 1.31 bits per heavy atom. The van der Waals surface area contributed by atoms with Crippen LogP contribution in [0.5, 0.6) is 5.75 Å². The first kappa shape index (κ1) is 17.0. The molecule has 0 unspecified atom stereocenters. The number of carbonyl (C=O) groups excluding carboxylic acids is 1. The summed E-state index contributed by atoms with van der Waals surface area (Å²) in [5.41, 5.74) is 2.84. The lowest BCUT2D eigenvalue weighted by Gasteiger charge is -2.38. The second-order valence-corrected chi connectivity index (χ2v) is 7.21. The Morgan fingerprint density at radius 2 is 2.12 bits per heavy atom. The van der Waals surface area contributed by atoms with Crippen LogP contribution in [0.15, 0.2) is 36.4 Å². The maximum atomic E-state index is 13.8. The van der Waals surface area contributed by atoms with E-state index in [1.807, 2.05) is 12.1 Å². The number of benzene rings is 2. The highest BCUT2D eigenvalue weighted by Crippen LogP contribution is 2.40. The van der Waals surface area contributed by atoms with Gasteiger partial charge in [-0.1, -0.05) is 12.1 Å². The standard InChI is InChI=1S/C21H22FNO3/c1-12-17(3-2-4-18(12)22)21(25)23-20(15-10-16(24)11-15)14-5-6-19-13(9-14)7-8-26-19/h2-6,9,15-16,20,24H,7-8,10-11H2,1H3,(H,23,25)/t15?,16?,20-/m1/s1. The molecule has 2 aromatic carbocycles.